The molecule has 1 saturated carbocycles. The number of carbonyl (C=O) groups excluding carboxylic acids is 1. The lowest BCUT2D eigenvalue weighted by Gasteiger charge is -2.37. The summed E-state index contributed by atoms with van der Waals surface area (Å²) in [4.78, 5) is 23.0. The Morgan fingerprint density at radius 3 is 2.33 bits per heavy atom. The number of nitrogens with zero attached hydrogens (tertiary/aromatic N) is 3. The van der Waals surface area contributed by atoms with Gasteiger partial charge in [-0.3, -0.25) is 14.7 Å². The maximum Gasteiger partial charge on any atom is 0.202 e. The van der Waals surface area contributed by atoms with Crippen LogP contribution in [0.5, 0.6) is 0 Å². The van der Waals surface area contributed by atoms with Gasteiger partial charge in [0.15, 0.2) is 0 Å². The smallest absolute Gasteiger partial charge is 0.202 e. The minimum atomic E-state index is -0.382. The topological polar surface area (TPSA) is 46.1 Å². The van der Waals surface area contributed by atoms with E-state index < -0.39 is 0 Å². The highest BCUT2D eigenvalue weighted by molar-refractivity contribution is 6.01. The normalized spacial score (nSPS) is 19.5. The Morgan fingerprint density at radius 1 is 1.17 bits per heavy atom. The van der Waals surface area contributed by atoms with Gasteiger partial charge in [0.25, 0.3) is 0 Å². The lowest BCUT2D eigenvalue weighted by molar-refractivity contribution is 0.0629. The van der Waals surface area contributed by atoms with Crippen molar-refractivity contribution in [2.75, 3.05) is 14.1 Å². The summed E-state index contributed by atoms with van der Waals surface area (Å²) in [6, 6.07) is 0. The Balaban J connectivity index is 2.32. The molecule has 1 aliphatic rings. The summed E-state index contributed by atoms with van der Waals surface area (Å²) in [7, 11) is 4.00. The molecule has 4 nitrogen and oxygen atoms in total. The molecular formula is C14H21N3O. The molecule has 0 aliphatic heterocycles. The SMILES string of the molecule is CN(C)C1(C(=O)c2cnccn2)CCCCCC1. The minimum absolute atomic E-state index is 0.127. The molecule has 0 N–H and O–H groups in total. The summed E-state index contributed by atoms with van der Waals surface area (Å²) in [6.45, 7) is 0. The fraction of sp³-hybridized carbons (Fsp3) is 0.643. The summed E-state index contributed by atoms with van der Waals surface area (Å²) < 4.78 is 0. The molecule has 1 aromatic rings. The highest BCUT2D eigenvalue weighted by Crippen LogP contribution is 2.33. The lowest BCUT2D eigenvalue weighted by Crippen LogP contribution is -2.51. The molecule has 2 rings (SSSR count). The van der Waals surface area contributed by atoms with Crippen molar-refractivity contribution in [1.29, 1.82) is 0 Å². The number of aromatic nitrogens is 2. The fourth-order valence-electron chi connectivity index (χ4n) is 2.85. The Kier molecular flexibility index (Phi) is 4.07. The zero-order valence-electron chi connectivity index (χ0n) is 11.2. The second kappa shape index (κ2) is 5.57. The van der Waals surface area contributed by atoms with Gasteiger partial charge >= 0.3 is 0 Å². The van der Waals surface area contributed by atoms with E-state index in [4.69, 9.17) is 0 Å². The fourth-order valence-corrected chi connectivity index (χ4v) is 2.85. The van der Waals surface area contributed by atoms with Gasteiger partial charge in [-0.25, -0.2) is 4.98 Å². The van der Waals surface area contributed by atoms with Crippen LogP contribution in [0.2, 0.25) is 0 Å². The summed E-state index contributed by atoms with van der Waals surface area (Å²) >= 11 is 0. The molecule has 1 fully saturated rings. The number of likely N-dealkylation sites (N-methyl/N-ethyl adjacent to an activating group) is 1. The Morgan fingerprint density at radius 2 is 1.83 bits per heavy atom. The molecule has 1 aliphatic carbocycles. The highest BCUT2D eigenvalue weighted by Gasteiger charge is 2.41. The van der Waals surface area contributed by atoms with Crippen molar-refractivity contribution in [3.8, 4) is 0 Å². The largest absolute Gasteiger partial charge is 0.297 e. The van der Waals surface area contributed by atoms with Gasteiger partial charge in [-0.2, -0.15) is 0 Å². The van der Waals surface area contributed by atoms with E-state index in [-0.39, 0.29) is 11.3 Å². The molecule has 0 aromatic carbocycles. The predicted molar refractivity (Wildman–Crippen MR) is 70.5 cm³/mol. The molecule has 0 saturated heterocycles. The van der Waals surface area contributed by atoms with E-state index in [0.717, 1.165) is 25.7 Å². The summed E-state index contributed by atoms with van der Waals surface area (Å²) in [5.74, 6) is 0.127. The Bertz CT molecular complexity index is 395. The third kappa shape index (κ3) is 2.43. The molecule has 1 aromatic heterocycles. The van der Waals surface area contributed by atoms with Crippen molar-refractivity contribution in [3.63, 3.8) is 0 Å². The standard InChI is InChI=1S/C14H21N3O/c1-17(2)14(7-5-3-4-6-8-14)13(18)12-11-15-9-10-16-12/h9-11H,3-8H2,1-2H3. The number of hydrogen-bond donors (Lipinski definition) is 0. The Labute approximate surface area is 108 Å². The summed E-state index contributed by atoms with van der Waals surface area (Å²) in [5.41, 5.74) is 0.111. The minimum Gasteiger partial charge on any atom is -0.297 e. The summed E-state index contributed by atoms with van der Waals surface area (Å²) in [6.07, 6.45) is 11.3. The van der Waals surface area contributed by atoms with E-state index in [1.807, 2.05) is 14.1 Å². The average molecular weight is 247 g/mol. The first-order chi connectivity index (χ1) is 8.67. The van der Waals surface area contributed by atoms with Crippen molar-refractivity contribution >= 4 is 5.78 Å². The van der Waals surface area contributed by atoms with Crippen molar-refractivity contribution in [2.24, 2.45) is 0 Å². The highest BCUT2D eigenvalue weighted by atomic mass is 16.1. The van der Waals surface area contributed by atoms with Crippen LogP contribution in [0.3, 0.4) is 0 Å². The zero-order valence-corrected chi connectivity index (χ0v) is 11.2. The molecule has 4 heteroatoms. The van der Waals surface area contributed by atoms with Crippen LogP contribution in [0.4, 0.5) is 0 Å². The first-order valence-corrected chi connectivity index (χ1v) is 6.65. The van der Waals surface area contributed by atoms with Crippen molar-refractivity contribution in [3.05, 3.63) is 24.3 Å². The van der Waals surface area contributed by atoms with Gasteiger partial charge in [0, 0.05) is 12.4 Å². The van der Waals surface area contributed by atoms with Crippen LogP contribution in [-0.4, -0.2) is 40.3 Å². The van der Waals surface area contributed by atoms with E-state index in [1.165, 1.54) is 12.8 Å². The second-order valence-electron chi connectivity index (χ2n) is 5.26. The number of hydrogen-bond acceptors (Lipinski definition) is 4. The molecule has 0 radical (unpaired) electrons. The van der Waals surface area contributed by atoms with Crippen molar-refractivity contribution < 1.29 is 4.79 Å². The molecule has 0 bridgehead atoms. The van der Waals surface area contributed by atoms with Gasteiger partial charge in [0.2, 0.25) is 5.78 Å². The second-order valence-corrected chi connectivity index (χ2v) is 5.26. The maximum atomic E-state index is 12.8. The molecule has 18 heavy (non-hydrogen) atoms. The number of rotatable bonds is 3. The van der Waals surface area contributed by atoms with Gasteiger partial charge < -0.3 is 0 Å². The third-order valence-corrected chi connectivity index (χ3v) is 4.01. The molecule has 0 atom stereocenters. The molecule has 0 unspecified atom stereocenters. The predicted octanol–water partition coefficient (Wildman–Crippen LogP) is 2.31. The van der Waals surface area contributed by atoms with Crippen LogP contribution in [-0.2, 0) is 0 Å². The van der Waals surface area contributed by atoms with Crippen LogP contribution in [0.1, 0.15) is 49.0 Å². The van der Waals surface area contributed by atoms with Gasteiger partial charge in [0.1, 0.15) is 5.69 Å². The van der Waals surface area contributed by atoms with Crippen LogP contribution in [0.15, 0.2) is 18.6 Å². The molecule has 1 heterocycles. The number of Topliss-reactive ketones (excluding diaryl/α,β-unsaturated/α-hetero) is 1. The van der Waals surface area contributed by atoms with E-state index in [0.29, 0.717) is 5.69 Å². The van der Waals surface area contributed by atoms with Crippen LogP contribution in [0, 0.1) is 0 Å². The Hall–Kier alpha value is -1.29. The van der Waals surface area contributed by atoms with E-state index in [2.05, 4.69) is 14.9 Å². The molecular weight excluding hydrogens is 226 g/mol. The lowest BCUT2D eigenvalue weighted by atomic mass is 9.83. The monoisotopic (exact) mass is 247 g/mol. The van der Waals surface area contributed by atoms with E-state index in [1.54, 1.807) is 18.6 Å². The van der Waals surface area contributed by atoms with Crippen LogP contribution >= 0.6 is 0 Å². The zero-order chi connectivity index (χ0) is 13.0. The van der Waals surface area contributed by atoms with Crippen LogP contribution < -0.4 is 0 Å². The van der Waals surface area contributed by atoms with E-state index >= 15 is 0 Å². The number of carbonyl (C=O) groups is 1. The van der Waals surface area contributed by atoms with E-state index in [9.17, 15) is 4.79 Å². The quantitative estimate of drug-likeness (QED) is 0.607. The molecule has 98 valence electrons. The maximum absolute atomic E-state index is 12.8. The number of ketones is 1. The first-order valence-electron chi connectivity index (χ1n) is 6.65. The van der Waals surface area contributed by atoms with Gasteiger partial charge in [-0.15, -0.1) is 0 Å². The average Bonchev–Trinajstić information content (AvgIpc) is 2.65. The first kappa shape index (κ1) is 13.1. The van der Waals surface area contributed by atoms with Gasteiger partial charge in [-0.1, -0.05) is 25.7 Å². The van der Waals surface area contributed by atoms with Crippen molar-refractivity contribution in [1.82, 2.24) is 14.9 Å². The van der Waals surface area contributed by atoms with Crippen LogP contribution in [0.25, 0.3) is 0 Å². The van der Waals surface area contributed by atoms with Gasteiger partial charge in [-0.05, 0) is 26.9 Å². The van der Waals surface area contributed by atoms with Gasteiger partial charge in [0.05, 0.1) is 11.7 Å². The molecule has 0 amide bonds. The summed E-state index contributed by atoms with van der Waals surface area (Å²) in [5, 5.41) is 0. The molecule has 0 spiro atoms. The third-order valence-electron chi connectivity index (χ3n) is 4.01. The van der Waals surface area contributed by atoms with Crippen molar-refractivity contribution in [2.45, 2.75) is 44.1 Å².